The highest BCUT2D eigenvalue weighted by Gasteiger charge is 2.33. The molecular formula is C20H18F3N3O3. The van der Waals surface area contributed by atoms with Gasteiger partial charge in [-0.05, 0) is 50.2 Å². The van der Waals surface area contributed by atoms with E-state index in [0.717, 1.165) is 17.3 Å². The number of aromatic nitrogens is 1. The highest BCUT2D eigenvalue weighted by atomic mass is 19.4. The third-order valence-corrected chi connectivity index (χ3v) is 4.22. The molecule has 0 saturated heterocycles. The van der Waals surface area contributed by atoms with E-state index in [2.05, 4.69) is 16.0 Å². The number of carbonyl (C=O) groups excluding carboxylic acids is 1. The minimum absolute atomic E-state index is 0.243. The highest BCUT2D eigenvalue weighted by Crippen LogP contribution is 2.34. The predicted octanol–water partition coefficient (Wildman–Crippen LogP) is 4.65. The maximum Gasteiger partial charge on any atom is 0.418 e. The molecule has 3 aromatic rings. The zero-order valence-electron chi connectivity index (χ0n) is 15.6. The molecule has 2 N–H and O–H groups in total. The van der Waals surface area contributed by atoms with Crippen LogP contribution in [0.25, 0.3) is 0 Å². The van der Waals surface area contributed by atoms with E-state index in [4.69, 9.17) is 9.26 Å². The molecule has 2 aromatic carbocycles. The number of rotatable bonds is 6. The lowest BCUT2D eigenvalue weighted by molar-refractivity contribution is -0.137. The van der Waals surface area contributed by atoms with Gasteiger partial charge in [0.05, 0.1) is 22.5 Å². The Bertz CT molecular complexity index is 979. The van der Waals surface area contributed by atoms with Crippen molar-refractivity contribution in [2.24, 2.45) is 0 Å². The number of halogens is 3. The van der Waals surface area contributed by atoms with Crippen molar-refractivity contribution >= 4 is 11.6 Å². The SMILES string of the molecule is Cc1noc(C)c1COc1ccc(C(=O)NNc2ccccc2C(F)(F)F)cc1. The van der Waals surface area contributed by atoms with Gasteiger partial charge < -0.3 is 9.26 Å². The number of hydrazine groups is 1. The van der Waals surface area contributed by atoms with E-state index >= 15 is 0 Å². The second-order valence-corrected chi connectivity index (χ2v) is 6.24. The summed E-state index contributed by atoms with van der Waals surface area (Å²) in [7, 11) is 0. The molecule has 0 aliphatic rings. The molecule has 29 heavy (non-hydrogen) atoms. The van der Waals surface area contributed by atoms with E-state index in [0.29, 0.717) is 11.5 Å². The van der Waals surface area contributed by atoms with Crippen LogP contribution in [0.3, 0.4) is 0 Å². The number of carbonyl (C=O) groups is 1. The van der Waals surface area contributed by atoms with Crippen molar-refractivity contribution in [1.29, 1.82) is 0 Å². The molecule has 6 nitrogen and oxygen atoms in total. The number of hydrogen-bond acceptors (Lipinski definition) is 5. The fourth-order valence-corrected chi connectivity index (χ4v) is 2.60. The number of ether oxygens (including phenoxy) is 1. The molecule has 1 amide bonds. The third-order valence-electron chi connectivity index (χ3n) is 4.22. The second kappa shape index (κ2) is 8.26. The lowest BCUT2D eigenvalue weighted by Crippen LogP contribution is -2.30. The van der Waals surface area contributed by atoms with Crippen LogP contribution >= 0.6 is 0 Å². The molecule has 0 aliphatic heterocycles. The fourth-order valence-electron chi connectivity index (χ4n) is 2.60. The topological polar surface area (TPSA) is 76.4 Å². The summed E-state index contributed by atoms with van der Waals surface area (Å²) < 4.78 is 49.7. The maximum atomic E-state index is 13.0. The number of para-hydroxylation sites is 1. The predicted molar refractivity (Wildman–Crippen MR) is 99.3 cm³/mol. The Morgan fingerprint density at radius 3 is 2.41 bits per heavy atom. The van der Waals surface area contributed by atoms with Crippen LogP contribution in [0.5, 0.6) is 5.75 Å². The van der Waals surface area contributed by atoms with Gasteiger partial charge in [-0.15, -0.1) is 0 Å². The van der Waals surface area contributed by atoms with Crippen molar-refractivity contribution in [1.82, 2.24) is 10.6 Å². The van der Waals surface area contributed by atoms with Crippen LogP contribution in [0.2, 0.25) is 0 Å². The van der Waals surface area contributed by atoms with Crippen molar-refractivity contribution in [3.8, 4) is 5.75 Å². The molecule has 0 saturated carbocycles. The molecule has 0 spiro atoms. The summed E-state index contributed by atoms with van der Waals surface area (Å²) in [6.45, 7) is 3.87. The Labute approximate surface area is 164 Å². The van der Waals surface area contributed by atoms with E-state index in [1.807, 2.05) is 6.92 Å². The normalized spacial score (nSPS) is 11.2. The number of amides is 1. The lowest BCUT2D eigenvalue weighted by Gasteiger charge is -2.15. The van der Waals surface area contributed by atoms with Gasteiger partial charge in [-0.2, -0.15) is 13.2 Å². The summed E-state index contributed by atoms with van der Waals surface area (Å²) in [5, 5.41) is 3.85. The van der Waals surface area contributed by atoms with Crippen LogP contribution in [-0.4, -0.2) is 11.1 Å². The van der Waals surface area contributed by atoms with Gasteiger partial charge in [0.15, 0.2) is 0 Å². The number of alkyl halides is 3. The summed E-state index contributed by atoms with van der Waals surface area (Å²) >= 11 is 0. The van der Waals surface area contributed by atoms with Crippen molar-refractivity contribution in [2.45, 2.75) is 26.6 Å². The quantitative estimate of drug-likeness (QED) is 0.584. The monoisotopic (exact) mass is 405 g/mol. The first-order valence-electron chi connectivity index (χ1n) is 8.63. The molecule has 0 unspecified atom stereocenters. The van der Waals surface area contributed by atoms with E-state index in [9.17, 15) is 18.0 Å². The van der Waals surface area contributed by atoms with Gasteiger partial charge in [-0.25, -0.2) is 0 Å². The smallest absolute Gasteiger partial charge is 0.418 e. The molecule has 1 heterocycles. The van der Waals surface area contributed by atoms with Gasteiger partial charge in [-0.1, -0.05) is 17.3 Å². The average Bonchev–Trinajstić information content (AvgIpc) is 3.02. The van der Waals surface area contributed by atoms with Crippen molar-refractivity contribution in [3.63, 3.8) is 0 Å². The van der Waals surface area contributed by atoms with E-state index in [1.54, 1.807) is 19.1 Å². The first-order chi connectivity index (χ1) is 13.8. The van der Waals surface area contributed by atoms with E-state index in [1.165, 1.54) is 30.3 Å². The Balaban J connectivity index is 1.60. The largest absolute Gasteiger partial charge is 0.489 e. The minimum Gasteiger partial charge on any atom is -0.489 e. The number of nitrogens with one attached hydrogen (secondary N) is 2. The van der Waals surface area contributed by atoms with Gasteiger partial charge in [0.25, 0.3) is 5.91 Å². The molecule has 152 valence electrons. The maximum absolute atomic E-state index is 13.0. The molecule has 1 aromatic heterocycles. The summed E-state index contributed by atoms with van der Waals surface area (Å²) in [5.41, 5.74) is 5.31. The van der Waals surface area contributed by atoms with Gasteiger partial charge in [0, 0.05) is 5.56 Å². The number of anilines is 1. The summed E-state index contributed by atoms with van der Waals surface area (Å²) in [4.78, 5) is 12.2. The van der Waals surface area contributed by atoms with Crippen molar-refractivity contribution in [3.05, 3.63) is 76.7 Å². The average molecular weight is 405 g/mol. The minimum atomic E-state index is -4.53. The van der Waals surface area contributed by atoms with Crippen LogP contribution in [0.4, 0.5) is 18.9 Å². The zero-order valence-corrected chi connectivity index (χ0v) is 15.6. The Hall–Kier alpha value is -3.49. The summed E-state index contributed by atoms with van der Waals surface area (Å²) in [6.07, 6.45) is -4.53. The third kappa shape index (κ3) is 4.87. The van der Waals surface area contributed by atoms with E-state index < -0.39 is 17.6 Å². The fraction of sp³-hybridized carbons (Fsp3) is 0.200. The Kier molecular flexibility index (Phi) is 5.76. The molecular weight excluding hydrogens is 387 g/mol. The Morgan fingerprint density at radius 2 is 1.79 bits per heavy atom. The van der Waals surface area contributed by atoms with Crippen molar-refractivity contribution in [2.75, 3.05) is 5.43 Å². The van der Waals surface area contributed by atoms with E-state index in [-0.39, 0.29) is 17.9 Å². The summed E-state index contributed by atoms with van der Waals surface area (Å²) in [6, 6.07) is 11.1. The standard InChI is InChI=1S/C20H18F3N3O3/c1-12-16(13(2)29-26-12)11-28-15-9-7-14(8-10-15)19(27)25-24-18-6-4-3-5-17(18)20(21,22)23/h3-10,24H,11H2,1-2H3,(H,25,27). The highest BCUT2D eigenvalue weighted by molar-refractivity contribution is 5.95. The number of aryl methyl sites for hydroxylation is 2. The summed E-state index contributed by atoms with van der Waals surface area (Å²) in [5.74, 6) is 0.611. The van der Waals surface area contributed by atoms with Crippen LogP contribution in [0, 0.1) is 13.8 Å². The number of benzene rings is 2. The molecule has 9 heteroatoms. The van der Waals surface area contributed by atoms with Crippen LogP contribution in [0.1, 0.15) is 32.9 Å². The Morgan fingerprint density at radius 1 is 1.10 bits per heavy atom. The molecule has 3 rings (SSSR count). The molecule has 0 atom stereocenters. The van der Waals surface area contributed by atoms with Gasteiger partial charge in [0.1, 0.15) is 18.1 Å². The second-order valence-electron chi connectivity index (χ2n) is 6.24. The molecule has 0 bridgehead atoms. The van der Waals surface area contributed by atoms with Crippen molar-refractivity contribution < 1.29 is 27.2 Å². The van der Waals surface area contributed by atoms with Crippen LogP contribution in [0.15, 0.2) is 53.1 Å². The first kappa shape index (κ1) is 20.2. The zero-order chi connectivity index (χ0) is 21.0. The number of nitrogens with zero attached hydrogens (tertiary/aromatic N) is 1. The van der Waals surface area contributed by atoms with Crippen LogP contribution < -0.4 is 15.6 Å². The van der Waals surface area contributed by atoms with Gasteiger partial charge in [-0.3, -0.25) is 15.6 Å². The first-order valence-corrected chi connectivity index (χ1v) is 8.63. The number of hydrogen-bond donors (Lipinski definition) is 2. The van der Waals surface area contributed by atoms with Gasteiger partial charge in [0.2, 0.25) is 0 Å². The molecule has 0 fully saturated rings. The van der Waals surface area contributed by atoms with Crippen LogP contribution in [-0.2, 0) is 12.8 Å². The lowest BCUT2D eigenvalue weighted by atomic mass is 10.2. The molecule has 0 radical (unpaired) electrons. The molecule has 0 aliphatic carbocycles. The van der Waals surface area contributed by atoms with Gasteiger partial charge >= 0.3 is 6.18 Å².